The van der Waals surface area contributed by atoms with Gasteiger partial charge in [0.2, 0.25) is 0 Å². The fourth-order valence-electron chi connectivity index (χ4n) is 3.01. The third kappa shape index (κ3) is 4.67. The standard InChI is InChI=1S/C23H17F2N5O2/c1-13-2-5-15(6-3-13)28-21-18-9-7-16(11-20(18)26-12-27-21)29-23(32)30-22(31)17-8-4-14(24)10-19(17)25/h2-12H,1H3,(H,26,27,28)(H2,29,30,31,32). The molecule has 0 atom stereocenters. The summed E-state index contributed by atoms with van der Waals surface area (Å²) in [4.78, 5) is 32.7. The molecular formula is C23H17F2N5O2. The van der Waals surface area contributed by atoms with Crippen LogP contribution in [0.1, 0.15) is 15.9 Å². The first-order chi connectivity index (χ1) is 15.4. The van der Waals surface area contributed by atoms with E-state index in [2.05, 4.69) is 20.6 Å². The Morgan fingerprint density at radius 3 is 2.38 bits per heavy atom. The molecule has 0 fully saturated rings. The number of fused-ring (bicyclic) bond motifs is 1. The van der Waals surface area contributed by atoms with Crippen molar-refractivity contribution < 1.29 is 18.4 Å². The number of imide groups is 1. The van der Waals surface area contributed by atoms with Gasteiger partial charge in [-0.3, -0.25) is 10.1 Å². The first-order valence-corrected chi connectivity index (χ1v) is 9.55. The van der Waals surface area contributed by atoms with Gasteiger partial charge in [0.1, 0.15) is 23.8 Å². The van der Waals surface area contributed by atoms with Gasteiger partial charge in [0.15, 0.2) is 0 Å². The number of anilines is 3. The third-order valence-electron chi connectivity index (χ3n) is 4.61. The molecule has 0 saturated heterocycles. The monoisotopic (exact) mass is 433 g/mol. The number of carbonyl (C=O) groups is 2. The zero-order chi connectivity index (χ0) is 22.7. The number of halogens is 2. The number of hydrogen-bond donors (Lipinski definition) is 3. The Kier molecular flexibility index (Phi) is 5.71. The average Bonchev–Trinajstić information content (AvgIpc) is 2.75. The van der Waals surface area contributed by atoms with Crippen LogP contribution in [0.4, 0.5) is 30.8 Å². The maximum absolute atomic E-state index is 13.7. The van der Waals surface area contributed by atoms with E-state index in [0.717, 1.165) is 28.8 Å². The summed E-state index contributed by atoms with van der Waals surface area (Å²) in [7, 11) is 0. The smallest absolute Gasteiger partial charge is 0.326 e. The van der Waals surface area contributed by atoms with E-state index in [-0.39, 0.29) is 0 Å². The molecule has 4 rings (SSSR count). The summed E-state index contributed by atoms with van der Waals surface area (Å²) in [6.45, 7) is 2.00. The number of hydrogen-bond acceptors (Lipinski definition) is 5. The fraction of sp³-hybridized carbons (Fsp3) is 0.0435. The number of aromatic nitrogens is 2. The Morgan fingerprint density at radius 1 is 0.875 bits per heavy atom. The highest BCUT2D eigenvalue weighted by Gasteiger charge is 2.16. The van der Waals surface area contributed by atoms with Gasteiger partial charge >= 0.3 is 6.03 Å². The van der Waals surface area contributed by atoms with Crippen molar-refractivity contribution >= 4 is 40.0 Å². The quantitative estimate of drug-likeness (QED) is 0.425. The van der Waals surface area contributed by atoms with Crippen LogP contribution in [0.5, 0.6) is 0 Å². The first-order valence-electron chi connectivity index (χ1n) is 9.55. The molecule has 160 valence electrons. The van der Waals surface area contributed by atoms with Gasteiger partial charge in [-0.15, -0.1) is 0 Å². The van der Waals surface area contributed by atoms with Gasteiger partial charge in [0, 0.05) is 22.8 Å². The molecule has 4 aromatic rings. The predicted molar refractivity (Wildman–Crippen MR) is 117 cm³/mol. The minimum atomic E-state index is -1.06. The van der Waals surface area contributed by atoms with Gasteiger partial charge in [0.05, 0.1) is 11.1 Å². The molecular weight excluding hydrogens is 416 g/mol. The highest BCUT2D eigenvalue weighted by Crippen LogP contribution is 2.25. The molecule has 7 nitrogen and oxygen atoms in total. The van der Waals surface area contributed by atoms with Gasteiger partial charge in [-0.05, 0) is 49.4 Å². The number of amides is 3. The molecule has 3 N–H and O–H groups in total. The number of rotatable bonds is 4. The zero-order valence-electron chi connectivity index (χ0n) is 16.8. The number of nitrogens with zero attached hydrogens (tertiary/aromatic N) is 2. The lowest BCUT2D eigenvalue weighted by Gasteiger charge is -2.11. The Labute approximate surface area is 181 Å². The van der Waals surface area contributed by atoms with Gasteiger partial charge in [-0.1, -0.05) is 17.7 Å². The van der Waals surface area contributed by atoms with E-state index in [1.54, 1.807) is 18.2 Å². The number of carbonyl (C=O) groups excluding carboxylic acids is 2. The fourth-order valence-corrected chi connectivity index (χ4v) is 3.01. The lowest BCUT2D eigenvalue weighted by molar-refractivity contribution is 0.0963. The number of aryl methyl sites for hydroxylation is 1. The summed E-state index contributed by atoms with van der Waals surface area (Å²) >= 11 is 0. The van der Waals surface area contributed by atoms with E-state index < -0.39 is 29.1 Å². The lowest BCUT2D eigenvalue weighted by Crippen LogP contribution is -2.34. The highest BCUT2D eigenvalue weighted by molar-refractivity contribution is 6.08. The summed E-state index contributed by atoms with van der Waals surface area (Å²) in [5, 5.41) is 8.45. The van der Waals surface area contributed by atoms with Crippen LogP contribution in [-0.2, 0) is 0 Å². The van der Waals surface area contributed by atoms with Crippen LogP contribution in [0.2, 0.25) is 0 Å². The molecule has 1 heterocycles. The molecule has 3 amide bonds. The summed E-state index contributed by atoms with van der Waals surface area (Å²) in [6.07, 6.45) is 1.39. The molecule has 0 spiro atoms. The Hall–Kier alpha value is -4.40. The van der Waals surface area contributed by atoms with E-state index in [1.807, 2.05) is 36.5 Å². The molecule has 0 unspecified atom stereocenters. The van der Waals surface area contributed by atoms with Crippen LogP contribution in [0, 0.1) is 18.6 Å². The first kappa shape index (κ1) is 20.9. The molecule has 3 aromatic carbocycles. The van der Waals surface area contributed by atoms with Crippen LogP contribution in [0.3, 0.4) is 0 Å². The summed E-state index contributed by atoms with van der Waals surface area (Å²) in [5.41, 5.74) is 2.48. The maximum atomic E-state index is 13.7. The van der Waals surface area contributed by atoms with Crippen molar-refractivity contribution in [2.75, 3.05) is 10.6 Å². The van der Waals surface area contributed by atoms with Gasteiger partial charge in [0.25, 0.3) is 5.91 Å². The van der Waals surface area contributed by atoms with E-state index >= 15 is 0 Å². The minimum Gasteiger partial charge on any atom is -0.340 e. The normalized spacial score (nSPS) is 10.6. The van der Waals surface area contributed by atoms with E-state index in [4.69, 9.17) is 0 Å². The number of urea groups is 1. The minimum absolute atomic E-state index is 0.363. The van der Waals surface area contributed by atoms with Crippen LogP contribution >= 0.6 is 0 Å². The van der Waals surface area contributed by atoms with Crippen LogP contribution in [0.15, 0.2) is 67.0 Å². The molecule has 0 radical (unpaired) electrons. The van der Waals surface area contributed by atoms with Crippen molar-refractivity contribution in [3.8, 4) is 0 Å². The van der Waals surface area contributed by atoms with Crippen LogP contribution in [-0.4, -0.2) is 21.9 Å². The molecule has 0 aliphatic carbocycles. The summed E-state index contributed by atoms with van der Waals surface area (Å²) in [6, 6.07) is 14.4. The third-order valence-corrected chi connectivity index (χ3v) is 4.61. The molecule has 0 aliphatic rings. The second-order valence-corrected chi connectivity index (χ2v) is 6.98. The second kappa shape index (κ2) is 8.76. The van der Waals surface area contributed by atoms with E-state index in [0.29, 0.717) is 23.1 Å². The number of benzene rings is 3. The van der Waals surface area contributed by atoms with Gasteiger partial charge in [-0.2, -0.15) is 0 Å². The SMILES string of the molecule is Cc1ccc(Nc2ncnc3cc(NC(=O)NC(=O)c4ccc(F)cc4F)ccc23)cc1. The average molecular weight is 433 g/mol. The highest BCUT2D eigenvalue weighted by atomic mass is 19.1. The molecule has 0 aliphatic heterocycles. The molecule has 32 heavy (non-hydrogen) atoms. The van der Waals surface area contributed by atoms with Crippen molar-refractivity contribution in [3.63, 3.8) is 0 Å². The molecule has 1 aromatic heterocycles. The van der Waals surface area contributed by atoms with Crippen molar-refractivity contribution in [3.05, 3.63) is 89.8 Å². The van der Waals surface area contributed by atoms with Crippen LogP contribution in [0.25, 0.3) is 10.9 Å². The molecule has 9 heteroatoms. The molecule has 0 bridgehead atoms. The zero-order valence-corrected chi connectivity index (χ0v) is 16.8. The van der Waals surface area contributed by atoms with Crippen molar-refractivity contribution in [1.29, 1.82) is 0 Å². The largest absolute Gasteiger partial charge is 0.340 e. The van der Waals surface area contributed by atoms with Crippen molar-refractivity contribution in [2.45, 2.75) is 6.92 Å². The maximum Gasteiger partial charge on any atom is 0.326 e. The van der Waals surface area contributed by atoms with Crippen LogP contribution < -0.4 is 16.0 Å². The van der Waals surface area contributed by atoms with E-state index in [1.165, 1.54) is 6.33 Å². The Bertz CT molecular complexity index is 1330. The topological polar surface area (TPSA) is 96.0 Å². The predicted octanol–water partition coefficient (Wildman–Crippen LogP) is 4.92. The van der Waals surface area contributed by atoms with Crippen molar-refractivity contribution in [1.82, 2.24) is 15.3 Å². The summed E-state index contributed by atoms with van der Waals surface area (Å²) < 4.78 is 26.7. The second-order valence-electron chi connectivity index (χ2n) is 6.98. The van der Waals surface area contributed by atoms with Gasteiger partial charge in [-0.25, -0.2) is 23.5 Å². The Morgan fingerprint density at radius 2 is 1.62 bits per heavy atom. The number of nitrogens with one attached hydrogen (secondary N) is 3. The van der Waals surface area contributed by atoms with E-state index in [9.17, 15) is 18.4 Å². The lowest BCUT2D eigenvalue weighted by atomic mass is 10.2. The Balaban J connectivity index is 1.48. The summed E-state index contributed by atoms with van der Waals surface area (Å²) in [5.74, 6) is -2.28. The van der Waals surface area contributed by atoms with Crippen molar-refractivity contribution in [2.24, 2.45) is 0 Å². The molecule has 0 saturated carbocycles. The van der Waals surface area contributed by atoms with Gasteiger partial charge < -0.3 is 10.6 Å².